The van der Waals surface area contributed by atoms with Crippen LogP contribution in [0.15, 0.2) is 46.1 Å². The Morgan fingerprint density at radius 1 is 1.41 bits per heavy atom. The number of halogens is 1. The number of azide groups is 1. The molecule has 17 heavy (non-hydrogen) atoms. The quantitative estimate of drug-likeness (QED) is 0.455. The maximum absolute atomic E-state index is 12.9. The van der Waals surface area contributed by atoms with E-state index >= 15 is 0 Å². The Balaban J connectivity index is 2.17. The Morgan fingerprint density at radius 3 is 3.00 bits per heavy atom. The molecule has 2 rings (SSSR count). The van der Waals surface area contributed by atoms with Gasteiger partial charge < -0.3 is 9.15 Å². The maximum Gasteiger partial charge on any atom is 0.146 e. The molecular formula is C11H8FN3O2. The van der Waals surface area contributed by atoms with Gasteiger partial charge in [-0.25, -0.2) is 4.39 Å². The van der Waals surface area contributed by atoms with Crippen molar-refractivity contribution in [2.45, 2.75) is 6.61 Å². The standard InChI is InChI=1S/C11H8FN3O2/c12-8-3-4-11(10(6-8)14-15-13)17-7-9-2-1-5-16-9/h1-6H,7H2. The van der Waals surface area contributed by atoms with Gasteiger partial charge in [0.05, 0.1) is 12.0 Å². The summed E-state index contributed by atoms with van der Waals surface area (Å²) in [6, 6.07) is 7.22. The number of nitrogens with zero attached hydrogens (tertiary/aromatic N) is 3. The van der Waals surface area contributed by atoms with Gasteiger partial charge in [0.15, 0.2) is 0 Å². The summed E-state index contributed by atoms with van der Waals surface area (Å²) in [5, 5.41) is 3.35. The van der Waals surface area contributed by atoms with Crippen LogP contribution >= 0.6 is 0 Å². The highest BCUT2D eigenvalue weighted by Crippen LogP contribution is 2.29. The smallest absolute Gasteiger partial charge is 0.146 e. The first-order chi connectivity index (χ1) is 8.29. The van der Waals surface area contributed by atoms with E-state index in [0.29, 0.717) is 11.5 Å². The Bertz CT molecular complexity index is 548. The second-order valence-corrected chi connectivity index (χ2v) is 3.17. The number of ether oxygens (including phenoxy) is 1. The van der Waals surface area contributed by atoms with Gasteiger partial charge in [-0.05, 0) is 35.9 Å². The molecule has 2 aromatic rings. The van der Waals surface area contributed by atoms with E-state index in [-0.39, 0.29) is 12.3 Å². The zero-order valence-corrected chi connectivity index (χ0v) is 8.71. The van der Waals surface area contributed by atoms with Gasteiger partial charge in [-0.2, -0.15) is 0 Å². The van der Waals surface area contributed by atoms with E-state index in [2.05, 4.69) is 10.0 Å². The van der Waals surface area contributed by atoms with Crippen LogP contribution in [0.4, 0.5) is 10.1 Å². The lowest BCUT2D eigenvalue weighted by Crippen LogP contribution is -1.94. The summed E-state index contributed by atoms with van der Waals surface area (Å²) in [6.07, 6.45) is 1.53. The van der Waals surface area contributed by atoms with E-state index in [9.17, 15) is 4.39 Å². The average Bonchev–Trinajstić information content (AvgIpc) is 2.81. The van der Waals surface area contributed by atoms with Crippen molar-refractivity contribution in [3.8, 4) is 5.75 Å². The first-order valence-corrected chi connectivity index (χ1v) is 4.79. The zero-order valence-electron chi connectivity index (χ0n) is 8.71. The predicted octanol–water partition coefficient (Wildman–Crippen LogP) is 3.94. The minimum Gasteiger partial charge on any atom is -0.485 e. The summed E-state index contributed by atoms with van der Waals surface area (Å²) in [5.41, 5.74) is 8.46. The lowest BCUT2D eigenvalue weighted by atomic mass is 10.3. The second kappa shape index (κ2) is 5.05. The Labute approximate surface area is 96.1 Å². The third kappa shape index (κ3) is 2.76. The highest BCUT2D eigenvalue weighted by atomic mass is 19.1. The molecular weight excluding hydrogens is 225 g/mol. The van der Waals surface area contributed by atoms with Gasteiger partial charge in [-0.1, -0.05) is 5.11 Å². The van der Waals surface area contributed by atoms with Crippen molar-refractivity contribution in [1.29, 1.82) is 0 Å². The van der Waals surface area contributed by atoms with Crippen LogP contribution in [0.2, 0.25) is 0 Å². The van der Waals surface area contributed by atoms with Crippen LogP contribution < -0.4 is 4.74 Å². The van der Waals surface area contributed by atoms with E-state index in [4.69, 9.17) is 14.7 Å². The van der Waals surface area contributed by atoms with Crippen LogP contribution in [0, 0.1) is 5.82 Å². The molecule has 6 heteroatoms. The minimum atomic E-state index is -0.488. The summed E-state index contributed by atoms with van der Waals surface area (Å²) >= 11 is 0. The summed E-state index contributed by atoms with van der Waals surface area (Å²) in [4.78, 5) is 2.61. The van der Waals surface area contributed by atoms with Crippen LogP contribution in [0.3, 0.4) is 0 Å². The monoisotopic (exact) mass is 233 g/mol. The van der Waals surface area contributed by atoms with Gasteiger partial charge in [-0.15, -0.1) is 0 Å². The van der Waals surface area contributed by atoms with Gasteiger partial charge in [0, 0.05) is 4.91 Å². The Kier molecular flexibility index (Phi) is 3.28. The van der Waals surface area contributed by atoms with Crippen LogP contribution in [0.1, 0.15) is 5.76 Å². The molecule has 1 aromatic carbocycles. The predicted molar refractivity (Wildman–Crippen MR) is 58.2 cm³/mol. The largest absolute Gasteiger partial charge is 0.485 e. The third-order valence-electron chi connectivity index (χ3n) is 2.02. The van der Waals surface area contributed by atoms with Crippen molar-refractivity contribution in [1.82, 2.24) is 0 Å². The van der Waals surface area contributed by atoms with E-state index < -0.39 is 5.82 Å². The molecule has 86 valence electrons. The van der Waals surface area contributed by atoms with E-state index in [0.717, 1.165) is 6.07 Å². The third-order valence-corrected chi connectivity index (χ3v) is 2.02. The molecule has 0 fully saturated rings. The molecule has 1 aromatic heterocycles. The van der Waals surface area contributed by atoms with Crippen molar-refractivity contribution >= 4 is 5.69 Å². The fourth-order valence-electron chi connectivity index (χ4n) is 1.28. The van der Waals surface area contributed by atoms with Crippen LogP contribution in [0.5, 0.6) is 5.75 Å². The molecule has 0 radical (unpaired) electrons. The highest BCUT2D eigenvalue weighted by molar-refractivity contribution is 5.51. The SMILES string of the molecule is [N-]=[N+]=Nc1cc(F)ccc1OCc1ccco1. The highest BCUT2D eigenvalue weighted by Gasteiger charge is 2.05. The molecule has 0 aliphatic rings. The van der Waals surface area contributed by atoms with E-state index in [1.165, 1.54) is 18.4 Å². The first kappa shape index (κ1) is 11.0. The first-order valence-electron chi connectivity index (χ1n) is 4.79. The van der Waals surface area contributed by atoms with Gasteiger partial charge in [-0.3, -0.25) is 0 Å². The molecule has 0 bridgehead atoms. The van der Waals surface area contributed by atoms with Crippen molar-refractivity contribution < 1.29 is 13.5 Å². The number of hydrogen-bond acceptors (Lipinski definition) is 3. The molecule has 0 saturated carbocycles. The molecule has 0 atom stereocenters. The topological polar surface area (TPSA) is 71.1 Å². The average molecular weight is 233 g/mol. The molecule has 0 spiro atoms. The van der Waals surface area contributed by atoms with E-state index in [1.54, 1.807) is 12.1 Å². The van der Waals surface area contributed by atoms with Crippen molar-refractivity contribution in [3.05, 3.63) is 58.6 Å². The maximum atomic E-state index is 12.9. The van der Waals surface area contributed by atoms with Crippen molar-refractivity contribution in [3.63, 3.8) is 0 Å². The number of rotatable bonds is 4. The van der Waals surface area contributed by atoms with E-state index in [1.807, 2.05) is 0 Å². The van der Waals surface area contributed by atoms with Crippen LogP contribution in [0.25, 0.3) is 10.4 Å². The fraction of sp³-hybridized carbons (Fsp3) is 0.0909. The van der Waals surface area contributed by atoms with Gasteiger partial charge in [0.1, 0.15) is 23.9 Å². The molecule has 0 N–H and O–H groups in total. The molecule has 0 saturated heterocycles. The minimum absolute atomic E-state index is 0.110. The Hall–Kier alpha value is -2.46. The molecule has 5 nitrogen and oxygen atoms in total. The number of benzene rings is 1. The van der Waals surface area contributed by atoms with Crippen LogP contribution in [-0.4, -0.2) is 0 Å². The van der Waals surface area contributed by atoms with Crippen molar-refractivity contribution in [2.24, 2.45) is 5.11 Å². The molecule has 1 heterocycles. The fourth-order valence-corrected chi connectivity index (χ4v) is 1.28. The summed E-state index contributed by atoms with van der Waals surface area (Å²) < 4.78 is 23.4. The molecule has 0 unspecified atom stereocenters. The summed E-state index contributed by atoms with van der Waals surface area (Å²) in [5.74, 6) is 0.444. The van der Waals surface area contributed by atoms with Gasteiger partial charge in [0.25, 0.3) is 0 Å². The summed E-state index contributed by atoms with van der Waals surface area (Å²) in [6.45, 7) is 0.187. The van der Waals surface area contributed by atoms with Crippen LogP contribution in [-0.2, 0) is 6.61 Å². The zero-order chi connectivity index (χ0) is 12.1. The molecule has 0 aliphatic heterocycles. The normalized spacial score (nSPS) is 9.71. The molecule has 0 aliphatic carbocycles. The second-order valence-electron chi connectivity index (χ2n) is 3.17. The van der Waals surface area contributed by atoms with Crippen molar-refractivity contribution in [2.75, 3.05) is 0 Å². The number of hydrogen-bond donors (Lipinski definition) is 0. The van der Waals surface area contributed by atoms with Gasteiger partial charge >= 0.3 is 0 Å². The number of furan rings is 1. The lowest BCUT2D eigenvalue weighted by molar-refractivity contribution is 0.271. The molecule has 0 amide bonds. The van der Waals surface area contributed by atoms with Gasteiger partial charge in [0.2, 0.25) is 0 Å². The lowest BCUT2D eigenvalue weighted by Gasteiger charge is -2.06. The summed E-state index contributed by atoms with van der Waals surface area (Å²) in [7, 11) is 0. The Morgan fingerprint density at radius 2 is 2.29 bits per heavy atom.